The molecule has 1 unspecified atom stereocenters. The lowest BCUT2D eigenvalue weighted by molar-refractivity contribution is 0.546. The monoisotopic (exact) mass is 265 g/mol. The van der Waals surface area contributed by atoms with Gasteiger partial charge >= 0.3 is 0 Å². The molecule has 1 aliphatic heterocycles. The van der Waals surface area contributed by atoms with E-state index in [-0.39, 0.29) is 11.7 Å². The van der Waals surface area contributed by atoms with Gasteiger partial charge in [0.25, 0.3) is 5.56 Å². The summed E-state index contributed by atoms with van der Waals surface area (Å²) in [5, 5.41) is 12.1. The maximum absolute atomic E-state index is 12.4. The summed E-state index contributed by atoms with van der Waals surface area (Å²) in [6.45, 7) is 0. The number of H-pyrrole nitrogens is 1. The number of aromatic nitrogens is 4. The average molecular weight is 265 g/mol. The quantitative estimate of drug-likeness (QED) is 0.682. The number of allylic oxidation sites excluding steroid dienone is 1. The van der Waals surface area contributed by atoms with Gasteiger partial charge in [0.1, 0.15) is 0 Å². The van der Waals surface area contributed by atoms with Crippen molar-refractivity contribution in [3.05, 3.63) is 46.8 Å². The molecule has 98 valence electrons. The highest BCUT2D eigenvalue weighted by Crippen LogP contribution is 2.19. The van der Waals surface area contributed by atoms with E-state index in [0.717, 1.165) is 17.3 Å². The first-order valence-electron chi connectivity index (χ1n) is 6.38. The largest absolute Gasteiger partial charge is 0.297 e. The van der Waals surface area contributed by atoms with E-state index < -0.39 is 0 Å². The molecule has 1 aromatic carbocycles. The van der Waals surface area contributed by atoms with Gasteiger partial charge in [-0.15, -0.1) is 10.2 Å². The zero-order chi connectivity index (χ0) is 13.5. The molecular weight excluding hydrogens is 254 g/mol. The fourth-order valence-corrected chi connectivity index (χ4v) is 2.42. The Labute approximate surface area is 113 Å². The van der Waals surface area contributed by atoms with E-state index in [1.165, 1.54) is 4.68 Å². The van der Waals surface area contributed by atoms with E-state index in [1.54, 1.807) is 6.21 Å². The fraction of sp³-hybridized carbons (Fsp3) is 0.143. The average Bonchev–Trinajstić information content (AvgIpc) is 2.86. The summed E-state index contributed by atoms with van der Waals surface area (Å²) < 4.78 is 1.48. The standard InChI is InChI=1S/C14H11N5O/c20-14-13-12(9-5-1-2-6-10(9)16-17-13)18-19(14)11-7-3-4-8-15-11/h1-3,5-8,11,18H,4H2. The Bertz CT molecular complexity index is 906. The maximum Gasteiger partial charge on any atom is 0.297 e. The molecule has 20 heavy (non-hydrogen) atoms. The molecule has 0 amide bonds. The lowest BCUT2D eigenvalue weighted by Gasteiger charge is -2.10. The van der Waals surface area contributed by atoms with Crippen LogP contribution in [0.4, 0.5) is 0 Å². The summed E-state index contributed by atoms with van der Waals surface area (Å²) in [7, 11) is 0. The molecule has 3 heterocycles. The smallest absolute Gasteiger partial charge is 0.290 e. The third-order valence-electron chi connectivity index (χ3n) is 3.39. The lowest BCUT2D eigenvalue weighted by Crippen LogP contribution is -2.21. The van der Waals surface area contributed by atoms with Gasteiger partial charge in [0.15, 0.2) is 11.7 Å². The van der Waals surface area contributed by atoms with Crippen molar-refractivity contribution in [1.82, 2.24) is 20.0 Å². The third kappa shape index (κ3) is 1.51. The van der Waals surface area contributed by atoms with Crippen molar-refractivity contribution in [2.24, 2.45) is 4.99 Å². The minimum Gasteiger partial charge on any atom is -0.290 e. The molecule has 0 radical (unpaired) electrons. The number of hydrogen-bond acceptors (Lipinski definition) is 4. The van der Waals surface area contributed by atoms with Gasteiger partial charge < -0.3 is 0 Å². The van der Waals surface area contributed by atoms with Crippen LogP contribution in [0.2, 0.25) is 0 Å². The first-order valence-corrected chi connectivity index (χ1v) is 6.38. The summed E-state index contributed by atoms with van der Waals surface area (Å²) in [4.78, 5) is 16.7. The number of benzene rings is 1. The number of nitrogens with zero attached hydrogens (tertiary/aromatic N) is 4. The Morgan fingerprint density at radius 2 is 2.15 bits per heavy atom. The molecule has 6 heteroatoms. The molecule has 0 fully saturated rings. The molecule has 0 bridgehead atoms. The second-order valence-electron chi connectivity index (χ2n) is 4.64. The predicted molar refractivity (Wildman–Crippen MR) is 76.9 cm³/mol. The van der Waals surface area contributed by atoms with Crippen molar-refractivity contribution in [3.8, 4) is 0 Å². The number of nitrogens with one attached hydrogen (secondary N) is 1. The van der Waals surface area contributed by atoms with Gasteiger partial charge in [-0.1, -0.05) is 24.3 Å². The van der Waals surface area contributed by atoms with Crippen LogP contribution in [-0.4, -0.2) is 26.2 Å². The van der Waals surface area contributed by atoms with Gasteiger partial charge in [0.05, 0.1) is 11.0 Å². The lowest BCUT2D eigenvalue weighted by atomic mass is 10.2. The van der Waals surface area contributed by atoms with E-state index >= 15 is 0 Å². The number of aliphatic imine (C=N–C) groups is 1. The number of aromatic amines is 1. The Morgan fingerprint density at radius 3 is 3.00 bits per heavy atom. The van der Waals surface area contributed by atoms with Crippen LogP contribution in [0.25, 0.3) is 21.9 Å². The number of hydrogen-bond donors (Lipinski definition) is 1. The molecule has 1 aliphatic rings. The van der Waals surface area contributed by atoms with Gasteiger partial charge in [0.2, 0.25) is 0 Å². The molecule has 1 N–H and O–H groups in total. The minimum atomic E-state index is -0.329. The molecule has 1 atom stereocenters. The highest BCUT2D eigenvalue weighted by molar-refractivity contribution is 6.00. The van der Waals surface area contributed by atoms with Crippen molar-refractivity contribution >= 4 is 28.2 Å². The van der Waals surface area contributed by atoms with E-state index in [9.17, 15) is 4.79 Å². The van der Waals surface area contributed by atoms with Crippen LogP contribution < -0.4 is 5.56 Å². The Hall–Kier alpha value is -2.76. The molecule has 4 rings (SSSR count). The second-order valence-corrected chi connectivity index (χ2v) is 4.64. The molecule has 3 aromatic rings. The van der Waals surface area contributed by atoms with Crippen molar-refractivity contribution in [1.29, 1.82) is 0 Å². The molecule has 6 nitrogen and oxygen atoms in total. The van der Waals surface area contributed by atoms with Crippen LogP contribution in [0.15, 0.2) is 46.2 Å². The molecule has 0 saturated heterocycles. The summed E-state index contributed by atoms with van der Waals surface area (Å²) in [5.41, 5.74) is 1.61. The summed E-state index contributed by atoms with van der Waals surface area (Å²) in [5.74, 6) is 0. The zero-order valence-corrected chi connectivity index (χ0v) is 10.5. The number of fused-ring (bicyclic) bond motifs is 3. The van der Waals surface area contributed by atoms with E-state index in [4.69, 9.17) is 0 Å². The molecule has 0 aliphatic carbocycles. The minimum absolute atomic E-state index is 0.202. The van der Waals surface area contributed by atoms with Crippen LogP contribution in [0.1, 0.15) is 12.6 Å². The summed E-state index contributed by atoms with van der Waals surface area (Å²) in [6.07, 6.45) is 6.15. The Kier molecular flexibility index (Phi) is 2.29. The third-order valence-corrected chi connectivity index (χ3v) is 3.39. The van der Waals surface area contributed by atoms with Crippen molar-refractivity contribution in [3.63, 3.8) is 0 Å². The Morgan fingerprint density at radius 1 is 1.25 bits per heavy atom. The molecule has 0 spiro atoms. The maximum atomic E-state index is 12.4. The van der Waals surface area contributed by atoms with Gasteiger partial charge in [-0.3, -0.25) is 14.9 Å². The normalized spacial score (nSPS) is 18.1. The highest BCUT2D eigenvalue weighted by Gasteiger charge is 2.16. The van der Waals surface area contributed by atoms with Crippen LogP contribution in [-0.2, 0) is 0 Å². The number of dihydropyridines is 1. The van der Waals surface area contributed by atoms with Gasteiger partial charge in [0, 0.05) is 18.0 Å². The topological polar surface area (TPSA) is 75.9 Å². The first kappa shape index (κ1) is 11.1. The number of rotatable bonds is 1. The molecule has 0 saturated carbocycles. The highest BCUT2D eigenvalue weighted by atomic mass is 16.1. The van der Waals surface area contributed by atoms with Crippen LogP contribution in [0, 0.1) is 0 Å². The fourth-order valence-electron chi connectivity index (χ4n) is 2.42. The molecule has 2 aromatic heterocycles. The SMILES string of the molecule is O=c1c2nnc3ccccc3c2[nH]n1C1C=CCC=N1. The van der Waals surface area contributed by atoms with Crippen molar-refractivity contribution < 1.29 is 0 Å². The van der Waals surface area contributed by atoms with Crippen LogP contribution >= 0.6 is 0 Å². The zero-order valence-electron chi connectivity index (χ0n) is 10.5. The Balaban J connectivity index is 2.04. The van der Waals surface area contributed by atoms with Crippen molar-refractivity contribution in [2.75, 3.05) is 0 Å². The summed E-state index contributed by atoms with van der Waals surface area (Å²) >= 11 is 0. The summed E-state index contributed by atoms with van der Waals surface area (Å²) in [6, 6.07) is 7.60. The van der Waals surface area contributed by atoms with Crippen LogP contribution in [0.5, 0.6) is 0 Å². The first-order chi connectivity index (χ1) is 9.84. The van der Waals surface area contributed by atoms with Gasteiger partial charge in [-0.25, -0.2) is 4.68 Å². The van der Waals surface area contributed by atoms with E-state index in [2.05, 4.69) is 20.3 Å². The van der Waals surface area contributed by atoms with E-state index in [1.807, 2.05) is 36.4 Å². The second kappa shape index (κ2) is 4.12. The molecular formula is C14H11N5O. The predicted octanol–water partition coefficient (Wildman–Crippen LogP) is 1.80. The van der Waals surface area contributed by atoms with Gasteiger partial charge in [-0.2, -0.15) is 0 Å². The van der Waals surface area contributed by atoms with E-state index in [0.29, 0.717) is 11.0 Å². The van der Waals surface area contributed by atoms with Gasteiger partial charge in [-0.05, 0) is 12.1 Å². The van der Waals surface area contributed by atoms with Crippen LogP contribution in [0.3, 0.4) is 0 Å². The van der Waals surface area contributed by atoms with Crippen molar-refractivity contribution in [2.45, 2.75) is 12.6 Å².